The van der Waals surface area contributed by atoms with Gasteiger partial charge < -0.3 is 20.3 Å². The molecule has 7 fully saturated rings. The SMILES string of the molecule is O=C(N[C@H](c1nc2nc([C@@H]3C[C@@](O)(C(F)F)CCN3C(=O)C34CC(F)(C3)C4)ccc2[nH]1)C(C1CC1)C1CC1)C1(F)CC1. The first-order chi connectivity index (χ1) is 19.9. The molecule has 3 heterocycles. The Hall–Kier alpha value is -2.76. The van der Waals surface area contributed by atoms with Crippen LogP contribution in [0.3, 0.4) is 0 Å². The lowest BCUT2D eigenvalue weighted by molar-refractivity contribution is -0.228. The lowest BCUT2D eigenvalue weighted by Crippen LogP contribution is -2.71. The number of aliphatic hydroxyl groups is 1. The van der Waals surface area contributed by atoms with Crippen molar-refractivity contribution in [1.82, 2.24) is 25.2 Å². The van der Waals surface area contributed by atoms with Gasteiger partial charge in [0.1, 0.15) is 17.1 Å². The summed E-state index contributed by atoms with van der Waals surface area (Å²) in [6.45, 7) is -0.0829. The number of likely N-dealkylation sites (tertiary alicyclic amines) is 1. The van der Waals surface area contributed by atoms with Gasteiger partial charge in [-0.3, -0.25) is 9.59 Å². The molecule has 42 heavy (non-hydrogen) atoms. The standard InChI is InChI=1S/C30H35F4N5O3/c31-24(32)30(42)9-10-39(26(41)27-12-28(33,13-27)14-27)19(11-30)17-5-6-18-22(35-17)38-23(36-18)21(37-25(40)29(34)7-8-29)20(15-1-2-15)16-3-4-16/h5-6,15-16,19-21,24,42H,1-4,7-14H2,(H,37,40)(H,35,36,38)/t19-,21-,27?,28?,30+/m0/s1. The van der Waals surface area contributed by atoms with Gasteiger partial charge in [-0.05, 0) is 94.1 Å². The molecule has 2 aromatic rings. The number of H-pyrrole nitrogens is 1. The van der Waals surface area contributed by atoms with E-state index in [1.807, 2.05) is 0 Å². The molecule has 3 atom stereocenters. The summed E-state index contributed by atoms with van der Waals surface area (Å²) in [5.41, 5.74) is -5.02. The van der Waals surface area contributed by atoms with Crippen molar-refractivity contribution in [3.05, 3.63) is 23.7 Å². The molecule has 0 aromatic carbocycles. The zero-order chi connectivity index (χ0) is 29.2. The Balaban J connectivity index is 1.12. The summed E-state index contributed by atoms with van der Waals surface area (Å²) in [5, 5.41) is 13.7. The number of aromatic nitrogens is 3. The molecule has 12 heteroatoms. The number of amides is 2. The number of halogens is 4. The summed E-state index contributed by atoms with van der Waals surface area (Å²) in [6, 6.07) is 1.92. The maximum absolute atomic E-state index is 14.7. The molecule has 3 N–H and O–H groups in total. The van der Waals surface area contributed by atoms with E-state index in [9.17, 15) is 32.3 Å². The van der Waals surface area contributed by atoms with Gasteiger partial charge in [0.15, 0.2) is 11.3 Å². The summed E-state index contributed by atoms with van der Waals surface area (Å²) in [6.07, 6.45) is 1.41. The van der Waals surface area contributed by atoms with Crippen LogP contribution in [0.15, 0.2) is 12.1 Å². The molecule has 0 unspecified atom stereocenters. The normalized spacial score (nSPS) is 35.6. The number of nitrogens with one attached hydrogen (secondary N) is 2. The van der Waals surface area contributed by atoms with E-state index in [1.165, 1.54) is 4.90 Å². The van der Waals surface area contributed by atoms with Gasteiger partial charge in [0, 0.05) is 13.0 Å². The van der Waals surface area contributed by atoms with Crippen molar-refractivity contribution in [3.8, 4) is 0 Å². The summed E-state index contributed by atoms with van der Waals surface area (Å²) in [5.74, 6) is 0.605. The number of hydrogen-bond donors (Lipinski definition) is 3. The van der Waals surface area contributed by atoms with E-state index in [-0.39, 0.29) is 56.9 Å². The third kappa shape index (κ3) is 4.17. The molecule has 1 aliphatic heterocycles. The van der Waals surface area contributed by atoms with Crippen LogP contribution in [0.25, 0.3) is 11.2 Å². The van der Waals surface area contributed by atoms with Crippen LogP contribution < -0.4 is 5.32 Å². The third-order valence-electron chi connectivity index (χ3n) is 10.9. The maximum Gasteiger partial charge on any atom is 0.266 e. The summed E-state index contributed by atoms with van der Waals surface area (Å²) >= 11 is 0. The molecule has 0 spiro atoms. The number of carbonyl (C=O) groups excluding carboxylic acids is 2. The number of alkyl halides is 4. The third-order valence-corrected chi connectivity index (χ3v) is 10.9. The minimum absolute atomic E-state index is 0.0829. The lowest BCUT2D eigenvalue weighted by Gasteiger charge is -2.65. The monoisotopic (exact) mass is 589 g/mol. The van der Waals surface area contributed by atoms with Gasteiger partial charge in [0.25, 0.3) is 12.3 Å². The van der Waals surface area contributed by atoms with Gasteiger partial charge in [-0.2, -0.15) is 0 Å². The Morgan fingerprint density at radius 3 is 2.26 bits per heavy atom. The molecule has 7 aliphatic rings. The smallest absolute Gasteiger partial charge is 0.266 e. The molecule has 2 bridgehead atoms. The van der Waals surface area contributed by atoms with E-state index in [0.717, 1.165) is 25.7 Å². The number of hydrogen-bond acceptors (Lipinski definition) is 5. The first-order valence-corrected chi connectivity index (χ1v) is 15.3. The maximum atomic E-state index is 14.7. The van der Waals surface area contributed by atoms with Crippen molar-refractivity contribution in [2.45, 2.75) is 106 Å². The number of nitrogens with zero attached hydrogens (tertiary/aromatic N) is 3. The number of imidazole rings is 1. The number of fused-ring (bicyclic) bond motifs is 1. The fraction of sp³-hybridized carbons (Fsp3) is 0.733. The first-order valence-electron chi connectivity index (χ1n) is 15.3. The van der Waals surface area contributed by atoms with E-state index in [1.54, 1.807) is 12.1 Å². The van der Waals surface area contributed by atoms with Gasteiger partial charge in [0.05, 0.1) is 28.7 Å². The number of rotatable bonds is 9. The Morgan fingerprint density at radius 1 is 1.02 bits per heavy atom. The summed E-state index contributed by atoms with van der Waals surface area (Å²) in [7, 11) is 0. The van der Waals surface area contributed by atoms with Gasteiger partial charge >= 0.3 is 0 Å². The van der Waals surface area contributed by atoms with Crippen molar-refractivity contribution < 1.29 is 32.3 Å². The van der Waals surface area contributed by atoms with Crippen LogP contribution in [0.1, 0.15) is 94.2 Å². The minimum atomic E-state index is -3.00. The molecule has 6 saturated carbocycles. The van der Waals surface area contributed by atoms with Crippen molar-refractivity contribution in [2.75, 3.05) is 6.54 Å². The number of aromatic amines is 1. The highest BCUT2D eigenvalue weighted by molar-refractivity contribution is 5.88. The lowest BCUT2D eigenvalue weighted by atomic mass is 9.41. The number of pyridine rings is 1. The number of piperidine rings is 1. The molecule has 2 aromatic heterocycles. The highest BCUT2D eigenvalue weighted by Crippen LogP contribution is 2.70. The van der Waals surface area contributed by atoms with E-state index in [4.69, 9.17) is 4.98 Å². The molecule has 2 amide bonds. The van der Waals surface area contributed by atoms with Crippen LogP contribution >= 0.6 is 0 Å². The fourth-order valence-electron chi connectivity index (χ4n) is 8.02. The quantitative estimate of drug-likeness (QED) is 0.370. The van der Waals surface area contributed by atoms with Gasteiger partial charge in [-0.25, -0.2) is 27.5 Å². The first kappa shape index (κ1) is 26.8. The topological polar surface area (TPSA) is 111 Å². The van der Waals surface area contributed by atoms with E-state index >= 15 is 0 Å². The zero-order valence-electron chi connectivity index (χ0n) is 23.2. The van der Waals surface area contributed by atoms with E-state index in [2.05, 4.69) is 15.3 Å². The summed E-state index contributed by atoms with van der Waals surface area (Å²) < 4.78 is 56.9. The van der Waals surface area contributed by atoms with Crippen LogP contribution in [0, 0.1) is 23.2 Å². The van der Waals surface area contributed by atoms with E-state index in [0.29, 0.717) is 34.5 Å². The van der Waals surface area contributed by atoms with E-state index < -0.39 is 53.2 Å². The second kappa shape index (κ2) is 8.66. The molecule has 226 valence electrons. The highest BCUT2D eigenvalue weighted by atomic mass is 19.3. The Kier molecular flexibility index (Phi) is 5.54. The second-order valence-electron chi connectivity index (χ2n) is 14.2. The van der Waals surface area contributed by atoms with Gasteiger partial charge in [0.2, 0.25) is 5.91 Å². The van der Waals surface area contributed by atoms with Crippen LogP contribution in [-0.2, 0) is 9.59 Å². The molecule has 0 radical (unpaired) electrons. The minimum Gasteiger partial charge on any atom is -0.384 e. The molecular formula is C30H35F4N5O3. The van der Waals surface area contributed by atoms with Crippen molar-refractivity contribution >= 4 is 23.0 Å². The van der Waals surface area contributed by atoms with Gasteiger partial charge in [-0.1, -0.05) is 0 Å². The molecule has 8 nitrogen and oxygen atoms in total. The average Bonchev–Trinajstić information content (AvgIpc) is 3.81. The van der Waals surface area contributed by atoms with Gasteiger partial charge in [-0.15, -0.1) is 0 Å². The zero-order valence-corrected chi connectivity index (χ0v) is 23.2. The molecule has 1 saturated heterocycles. The second-order valence-corrected chi connectivity index (χ2v) is 14.2. The largest absolute Gasteiger partial charge is 0.384 e. The highest BCUT2D eigenvalue weighted by Gasteiger charge is 2.74. The Bertz CT molecular complexity index is 1440. The van der Waals surface area contributed by atoms with Crippen molar-refractivity contribution in [2.24, 2.45) is 23.2 Å². The van der Waals surface area contributed by atoms with Crippen molar-refractivity contribution in [1.29, 1.82) is 0 Å². The van der Waals surface area contributed by atoms with Crippen LogP contribution in [0.5, 0.6) is 0 Å². The Labute approximate surface area is 240 Å². The predicted molar refractivity (Wildman–Crippen MR) is 142 cm³/mol. The van der Waals surface area contributed by atoms with Crippen LogP contribution in [0.2, 0.25) is 0 Å². The fourth-order valence-corrected chi connectivity index (χ4v) is 8.02. The summed E-state index contributed by atoms with van der Waals surface area (Å²) in [4.78, 5) is 40.6. The van der Waals surface area contributed by atoms with Crippen LogP contribution in [-0.4, -0.2) is 66.7 Å². The number of carbonyl (C=O) groups is 2. The van der Waals surface area contributed by atoms with Crippen molar-refractivity contribution in [3.63, 3.8) is 0 Å². The Morgan fingerprint density at radius 2 is 1.69 bits per heavy atom. The molecule has 9 rings (SSSR count). The predicted octanol–water partition coefficient (Wildman–Crippen LogP) is 4.61. The molecule has 6 aliphatic carbocycles. The molecular weight excluding hydrogens is 554 g/mol. The average molecular weight is 590 g/mol. The van der Waals surface area contributed by atoms with Crippen LogP contribution in [0.4, 0.5) is 17.6 Å².